The highest BCUT2D eigenvalue weighted by atomic mass is 16.5. The van der Waals surface area contributed by atoms with Gasteiger partial charge < -0.3 is 9.47 Å². The molecule has 3 N–H and O–H groups in total. The van der Waals surface area contributed by atoms with Gasteiger partial charge in [0.1, 0.15) is 5.75 Å². The summed E-state index contributed by atoms with van der Waals surface area (Å²) < 4.78 is 10.4. The molecule has 106 valence electrons. The molecule has 0 aliphatic rings. The first-order valence-corrected chi connectivity index (χ1v) is 6.18. The molecule has 6 heteroatoms. The van der Waals surface area contributed by atoms with E-state index in [4.69, 9.17) is 15.3 Å². The van der Waals surface area contributed by atoms with Gasteiger partial charge >= 0.3 is 0 Å². The minimum Gasteiger partial charge on any atom is -0.496 e. The van der Waals surface area contributed by atoms with Gasteiger partial charge in [-0.05, 0) is 19.1 Å². The predicted molar refractivity (Wildman–Crippen MR) is 75.5 cm³/mol. The van der Waals surface area contributed by atoms with Crippen molar-refractivity contribution in [2.45, 2.75) is 13.0 Å². The third-order valence-electron chi connectivity index (χ3n) is 3.03. The second kappa shape index (κ2) is 6.31. The number of hydrogen-bond acceptors (Lipinski definition) is 6. The monoisotopic (exact) mass is 274 g/mol. The molecular formula is C14H18N4O2. The van der Waals surface area contributed by atoms with E-state index in [1.807, 2.05) is 31.2 Å². The summed E-state index contributed by atoms with van der Waals surface area (Å²) in [7, 11) is 3.17. The Morgan fingerprint density at radius 3 is 2.45 bits per heavy atom. The molecule has 1 aromatic heterocycles. The quantitative estimate of drug-likeness (QED) is 0.632. The highest BCUT2D eigenvalue weighted by Gasteiger charge is 2.19. The zero-order chi connectivity index (χ0) is 14.5. The fourth-order valence-corrected chi connectivity index (χ4v) is 2.01. The van der Waals surface area contributed by atoms with Crippen LogP contribution in [0, 0.1) is 6.92 Å². The third kappa shape index (κ3) is 2.87. The molecule has 0 saturated carbocycles. The number of nitrogens with one attached hydrogen (secondary N) is 1. The second-order valence-corrected chi connectivity index (χ2v) is 4.35. The number of rotatable bonds is 5. The summed E-state index contributed by atoms with van der Waals surface area (Å²) in [5, 5.41) is 8.09. The first kappa shape index (κ1) is 14.2. The Morgan fingerprint density at radius 1 is 1.10 bits per heavy atom. The van der Waals surface area contributed by atoms with Crippen LogP contribution in [0.25, 0.3) is 0 Å². The maximum Gasteiger partial charge on any atom is 0.233 e. The van der Waals surface area contributed by atoms with E-state index in [0.29, 0.717) is 11.6 Å². The van der Waals surface area contributed by atoms with E-state index in [9.17, 15) is 0 Å². The predicted octanol–water partition coefficient (Wildman–Crippen LogP) is 1.35. The Bertz CT molecular complexity index is 572. The van der Waals surface area contributed by atoms with Gasteiger partial charge in [-0.3, -0.25) is 5.84 Å². The summed E-state index contributed by atoms with van der Waals surface area (Å²) in [4.78, 5) is 0. The van der Waals surface area contributed by atoms with Gasteiger partial charge in [-0.15, -0.1) is 10.2 Å². The van der Waals surface area contributed by atoms with Crippen molar-refractivity contribution in [1.29, 1.82) is 0 Å². The minimum atomic E-state index is -0.303. The van der Waals surface area contributed by atoms with E-state index in [1.165, 1.54) is 0 Å². The topological polar surface area (TPSA) is 82.3 Å². The lowest BCUT2D eigenvalue weighted by Crippen LogP contribution is -2.30. The zero-order valence-corrected chi connectivity index (χ0v) is 11.8. The van der Waals surface area contributed by atoms with E-state index in [-0.39, 0.29) is 6.04 Å². The lowest BCUT2D eigenvalue weighted by atomic mass is 10.0. The maximum absolute atomic E-state index is 5.68. The lowest BCUT2D eigenvalue weighted by Gasteiger charge is -2.19. The molecule has 1 atom stereocenters. The molecule has 0 amide bonds. The molecule has 0 aliphatic carbocycles. The van der Waals surface area contributed by atoms with Crippen LogP contribution in [0.15, 0.2) is 30.3 Å². The van der Waals surface area contributed by atoms with Gasteiger partial charge in [-0.2, -0.15) is 0 Å². The van der Waals surface area contributed by atoms with Gasteiger partial charge in [-0.1, -0.05) is 17.7 Å². The highest BCUT2D eigenvalue weighted by molar-refractivity contribution is 5.42. The molecular weight excluding hydrogens is 256 g/mol. The lowest BCUT2D eigenvalue weighted by molar-refractivity contribution is 0.388. The molecule has 1 unspecified atom stereocenters. The van der Waals surface area contributed by atoms with Crippen LogP contribution in [-0.2, 0) is 0 Å². The van der Waals surface area contributed by atoms with Crippen molar-refractivity contribution < 1.29 is 9.47 Å². The van der Waals surface area contributed by atoms with Crippen molar-refractivity contribution in [3.63, 3.8) is 0 Å². The van der Waals surface area contributed by atoms with Crippen molar-refractivity contribution in [2.24, 2.45) is 5.84 Å². The number of hydrazine groups is 1. The Balaban J connectivity index is 2.43. The number of methoxy groups -OCH3 is 2. The van der Waals surface area contributed by atoms with Crippen molar-refractivity contribution in [3.05, 3.63) is 47.2 Å². The molecule has 0 saturated heterocycles. The molecule has 1 aromatic carbocycles. The number of aromatic nitrogens is 2. The molecule has 0 aliphatic heterocycles. The molecule has 2 aromatic rings. The standard InChI is InChI=1S/C14H18N4O2/c1-9-4-6-12(19-2)10(8-9)14(16-15)11-5-7-13(20-3)18-17-11/h4-8,14,16H,15H2,1-3H3. The van der Waals surface area contributed by atoms with Crippen LogP contribution in [0.4, 0.5) is 0 Å². The van der Waals surface area contributed by atoms with Crippen LogP contribution in [0.2, 0.25) is 0 Å². The Labute approximate surface area is 117 Å². The minimum absolute atomic E-state index is 0.303. The summed E-state index contributed by atoms with van der Waals surface area (Å²) in [6.45, 7) is 2.01. The molecule has 0 spiro atoms. The van der Waals surface area contributed by atoms with Gasteiger partial charge in [-0.25, -0.2) is 5.43 Å². The van der Waals surface area contributed by atoms with Crippen LogP contribution in [0.3, 0.4) is 0 Å². The van der Waals surface area contributed by atoms with Crippen molar-refractivity contribution in [1.82, 2.24) is 15.6 Å². The van der Waals surface area contributed by atoms with Crippen molar-refractivity contribution in [2.75, 3.05) is 14.2 Å². The number of aryl methyl sites for hydroxylation is 1. The van der Waals surface area contributed by atoms with E-state index in [1.54, 1.807) is 20.3 Å². The molecule has 0 fully saturated rings. The smallest absolute Gasteiger partial charge is 0.233 e. The SMILES string of the molecule is COc1ccc(C(NN)c2cc(C)ccc2OC)nn1. The third-order valence-corrected chi connectivity index (χ3v) is 3.03. The molecule has 6 nitrogen and oxygen atoms in total. The van der Waals surface area contributed by atoms with Crippen LogP contribution < -0.4 is 20.7 Å². The summed E-state index contributed by atoms with van der Waals surface area (Å²) in [6, 6.07) is 9.16. The largest absolute Gasteiger partial charge is 0.496 e. The van der Waals surface area contributed by atoms with Crippen LogP contribution in [0.1, 0.15) is 22.9 Å². The Kier molecular flexibility index (Phi) is 4.49. The molecule has 0 radical (unpaired) electrons. The molecule has 2 rings (SSSR count). The van der Waals surface area contributed by atoms with Crippen LogP contribution in [0.5, 0.6) is 11.6 Å². The zero-order valence-electron chi connectivity index (χ0n) is 11.8. The van der Waals surface area contributed by atoms with Gasteiger partial charge in [0, 0.05) is 11.6 Å². The normalized spacial score (nSPS) is 12.0. The fraction of sp³-hybridized carbons (Fsp3) is 0.286. The highest BCUT2D eigenvalue weighted by Crippen LogP contribution is 2.29. The fourth-order valence-electron chi connectivity index (χ4n) is 2.01. The summed E-state index contributed by atoms with van der Waals surface area (Å²) in [5.74, 6) is 6.88. The number of benzene rings is 1. The van der Waals surface area contributed by atoms with Crippen molar-refractivity contribution >= 4 is 0 Å². The average molecular weight is 274 g/mol. The molecule has 0 bridgehead atoms. The van der Waals surface area contributed by atoms with Crippen molar-refractivity contribution in [3.8, 4) is 11.6 Å². The number of ether oxygens (including phenoxy) is 2. The number of nitrogens with zero attached hydrogens (tertiary/aromatic N) is 2. The summed E-state index contributed by atoms with van der Waals surface area (Å²) in [5.41, 5.74) is 5.47. The van der Waals surface area contributed by atoms with Gasteiger partial charge in [0.15, 0.2) is 0 Å². The van der Waals surface area contributed by atoms with E-state index < -0.39 is 0 Å². The summed E-state index contributed by atoms with van der Waals surface area (Å²) >= 11 is 0. The molecule has 1 heterocycles. The van der Waals surface area contributed by atoms with E-state index in [2.05, 4.69) is 15.6 Å². The van der Waals surface area contributed by atoms with Gasteiger partial charge in [0.2, 0.25) is 5.88 Å². The second-order valence-electron chi connectivity index (χ2n) is 4.35. The molecule has 20 heavy (non-hydrogen) atoms. The number of hydrogen-bond donors (Lipinski definition) is 2. The Morgan fingerprint density at radius 2 is 1.90 bits per heavy atom. The van der Waals surface area contributed by atoms with Gasteiger partial charge in [0.25, 0.3) is 0 Å². The van der Waals surface area contributed by atoms with Crippen LogP contribution in [-0.4, -0.2) is 24.4 Å². The first-order chi connectivity index (χ1) is 9.69. The Hall–Kier alpha value is -2.18. The maximum atomic E-state index is 5.68. The summed E-state index contributed by atoms with van der Waals surface area (Å²) in [6.07, 6.45) is 0. The average Bonchev–Trinajstić information content (AvgIpc) is 2.49. The van der Waals surface area contributed by atoms with E-state index in [0.717, 1.165) is 16.9 Å². The van der Waals surface area contributed by atoms with E-state index >= 15 is 0 Å². The first-order valence-electron chi connectivity index (χ1n) is 6.18. The number of nitrogens with two attached hydrogens (primary N) is 1. The van der Waals surface area contributed by atoms with Crippen LogP contribution >= 0.6 is 0 Å². The van der Waals surface area contributed by atoms with Gasteiger partial charge in [0.05, 0.1) is 26.0 Å².